The monoisotopic (exact) mass is 631 g/mol. The summed E-state index contributed by atoms with van der Waals surface area (Å²) in [6.07, 6.45) is -4.05. The molecule has 0 spiro atoms. The van der Waals surface area contributed by atoms with Crippen LogP contribution < -0.4 is 4.74 Å². The number of hydrogen-bond acceptors (Lipinski definition) is 8. The van der Waals surface area contributed by atoms with Gasteiger partial charge in [-0.1, -0.05) is 51.7 Å². The molecule has 0 bridgehead atoms. The summed E-state index contributed by atoms with van der Waals surface area (Å²) in [7, 11) is 1.26. The van der Waals surface area contributed by atoms with Crippen LogP contribution in [0, 0.1) is 0 Å². The minimum Gasteiger partial charge on any atom is -0.473 e. The molecule has 1 atom stereocenters. The second-order valence-corrected chi connectivity index (χ2v) is 10.8. The predicted octanol–water partition coefficient (Wildman–Crippen LogP) is 8.17. The van der Waals surface area contributed by atoms with E-state index in [1.165, 1.54) is 19.2 Å². The molecule has 2 aromatic carbocycles. The van der Waals surface area contributed by atoms with Crippen LogP contribution in [0.4, 0.5) is 13.2 Å². The number of alkyl halides is 3. The van der Waals surface area contributed by atoms with Crippen molar-refractivity contribution < 1.29 is 36.8 Å². The molecule has 222 valence electrons. The first-order chi connectivity index (χ1) is 20.6. The summed E-state index contributed by atoms with van der Waals surface area (Å²) in [5.41, 5.74) is 1.20. The van der Waals surface area contributed by atoms with Gasteiger partial charge in [0.05, 0.1) is 34.0 Å². The van der Waals surface area contributed by atoms with Crippen molar-refractivity contribution in [1.82, 2.24) is 10.1 Å². The van der Waals surface area contributed by atoms with Crippen molar-refractivity contribution in [3.05, 3.63) is 98.4 Å². The molecule has 2 aliphatic rings. The van der Waals surface area contributed by atoms with Crippen LogP contribution in [-0.4, -0.2) is 28.9 Å². The van der Waals surface area contributed by atoms with Crippen molar-refractivity contribution in [1.29, 1.82) is 0 Å². The van der Waals surface area contributed by atoms with E-state index in [9.17, 15) is 18.0 Å². The second-order valence-electron chi connectivity index (χ2n) is 10.0. The summed E-state index contributed by atoms with van der Waals surface area (Å²) >= 11 is 12.8. The number of aromatic nitrogens is 2. The molecule has 8 nitrogen and oxygen atoms in total. The van der Waals surface area contributed by atoms with Crippen LogP contribution in [0.3, 0.4) is 0 Å². The Bertz CT molecular complexity index is 1720. The molecule has 4 aromatic rings. The van der Waals surface area contributed by atoms with Gasteiger partial charge in [0.15, 0.2) is 11.8 Å². The van der Waals surface area contributed by atoms with Gasteiger partial charge >= 0.3 is 12.1 Å². The minimum atomic E-state index is -4.81. The maximum absolute atomic E-state index is 14.2. The topological polar surface area (TPSA) is 96.0 Å². The van der Waals surface area contributed by atoms with Crippen molar-refractivity contribution >= 4 is 34.9 Å². The number of methoxy groups -OCH3 is 1. The maximum atomic E-state index is 14.2. The summed E-state index contributed by atoms with van der Waals surface area (Å²) in [6.45, 7) is -0.167. The molecule has 1 aliphatic heterocycles. The highest BCUT2D eigenvalue weighted by Gasteiger charge is 2.40. The number of halogens is 5. The zero-order valence-corrected chi connectivity index (χ0v) is 24.0. The number of rotatable bonds is 8. The fourth-order valence-corrected chi connectivity index (χ4v) is 5.45. The molecule has 6 rings (SSSR count). The molecule has 2 aromatic heterocycles. The molecule has 0 amide bonds. The van der Waals surface area contributed by atoms with Gasteiger partial charge in [-0.3, -0.25) is 0 Å². The molecule has 13 heteroatoms. The molecule has 43 heavy (non-hydrogen) atoms. The number of hydrogen-bond donors (Lipinski definition) is 0. The third-order valence-electron chi connectivity index (χ3n) is 7.13. The van der Waals surface area contributed by atoms with E-state index in [4.69, 9.17) is 42.0 Å². The normalized spacial score (nSPS) is 16.5. The lowest BCUT2D eigenvalue weighted by Gasteiger charge is -2.17. The SMILES string of the molecule is COC(=O)c1cccc(C2=NOC(c3ccc(OCc4c(-c5c(Cl)cccc5Cl)noc4C4CC4)nc3C(F)(F)F)C2)c1. The molecule has 0 radical (unpaired) electrons. The standard InChI is InChI=1S/C30H22Cl2F3N3O5/c1-40-29(39)17-5-2-4-16(12-17)22-13-23(42-37-22)18-10-11-24(36-28(18)30(33,34)35)41-14-19-26(38-43-27(19)15-8-9-15)25-20(31)6-3-7-21(25)32/h2-7,10-12,15,23H,8-9,13-14H2,1H3. The molecule has 3 heterocycles. The summed E-state index contributed by atoms with van der Waals surface area (Å²) in [5, 5.41) is 8.86. The Hall–Kier alpha value is -4.09. The number of carbonyl (C=O) groups is 1. The zero-order valence-electron chi connectivity index (χ0n) is 22.5. The van der Waals surface area contributed by atoms with Crippen molar-refractivity contribution in [3.63, 3.8) is 0 Å². The van der Waals surface area contributed by atoms with Gasteiger partial charge in [-0.05, 0) is 43.2 Å². The highest BCUT2D eigenvalue weighted by atomic mass is 35.5. The maximum Gasteiger partial charge on any atom is 0.433 e. The van der Waals surface area contributed by atoms with Gasteiger partial charge in [0.25, 0.3) is 0 Å². The number of esters is 1. The summed E-state index contributed by atoms with van der Waals surface area (Å²) in [5.74, 6) is -0.0853. The lowest BCUT2D eigenvalue weighted by atomic mass is 9.98. The van der Waals surface area contributed by atoms with E-state index in [0.717, 1.165) is 12.8 Å². The zero-order chi connectivity index (χ0) is 30.3. The van der Waals surface area contributed by atoms with E-state index in [-0.39, 0.29) is 36.0 Å². The van der Waals surface area contributed by atoms with Crippen LogP contribution in [0.5, 0.6) is 5.88 Å². The van der Waals surface area contributed by atoms with E-state index in [1.807, 2.05) is 0 Å². The number of oxime groups is 1. The fraction of sp³-hybridized carbons (Fsp3) is 0.267. The van der Waals surface area contributed by atoms with Gasteiger partial charge in [-0.25, -0.2) is 9.78 Å². The summed E-state index contributed by atoms with van der Waals surface area (Å²) < 4.78 is 58.8. The first kappa shape index (κ1) is 29.0. The van der Waals surface area contributed by atoms with E-state index in [2.05, 4.69) is 15.3 Å². The van der Waals surface area contributed by atoms with Gasteiger partial charge in [0.2, 0.25) is 5.88 Å². The fourth-order valence-electron chi connectivity index (χ4n) is 4.87. The van der Waals surface area contributed by atoms with Gasteiger partial charge in [-0.2, -0.15) is 13.2 Å². The largest absolute Gasteiger partial charge is 0.473 e. The molecular weight excluding hydrogens is 610 g/mol. The third kappa shape index (κ3) is 5.92. The first-order valence-corrected chi connectivity index (χ1v) is 13.9. The van der Waals surface area contributed by atoms with Crippen LogP contribution in [-0.2, 0) is 22.4 Å². The molecule has 0 N–H and O–H groups in total. The van der Waals surface area contributed by atoms with Gasteiger partial charge in [0, 0.05) is 35.1 Å². The van der Waals surface area contributed by atoms with E-state index >= 15 is 0 Å². The molecule has 1 fully saturated rings. The van der Waals surface area contributed by atoms with Crippen LogP contribution in [0.2, 0.25) is 10.0 Å². The number of carbonyl (C=O) groups excluding carboxylic acids is 1. The van der Waals surface area contributed by atoms with Crippen LogP contribution >= 0.6 is 23.2 Å². The van der Waals surface area contributed by atoms with Crippen molar-refractivity contribution in [2.24, 2.45) is 5.16 Å². The third-order valence-corrected chi connectivity index (χ3v) is 7.76. The van der Waals surface area contributed by atoms with Crippen LogP contribution in [0.1, 0.15) is 69.8 Å². The summed E-state index contributed by atoms with van der Waals surface area (Å²) in [6, 6.07) is 14.0. The molecular formula is C30H22Cl2F3N3O5. The highest BCUT2D eigenvalue weighted by molar-refractivity contribution is 6.39. The Labute approximate surface area is 253 Å². The number of ether oxygens (including phenoxy) is 2. The van der Waals surface area contributed by atoms with E-state index in [0.29, 0.717) is 43.9 Å². The Morgan fingerprint density at radius 1 is 1.07 bits per heavy atom. The highest BCUT2D eigenvalue weighted by Crippen LogP contribution is 2.46. The van der Waals surface area contributed by atoms with E-state index < -0.39 is 23.9 Å². The molecule has 0 saturated heterocycles. The Morgan fingerprint density at radius 3 is 2.51 bits per heavy atom. The summed E-state index contributed by atoms with van der Waals surface area (Å²) in [4.78, 5) is 21.1. The van der Waals surface area contributed by atoms with Crippen LogP contribution in [0.25, 0.3) is 11.3 Å². The lowest BCUT2D eigenvalue weighted by Crippen LogP contribution is -2.16. The molecule has 1 aliphatic carbocycles. The Balaban J connectivity index is 1.25. The Kier molecular flexibility index (Phi) is 7.78. The van der Waals surface area contributed by atoms with Gasteiger partial charge in [0.1, 0.15) is 18.1 Å². The van der Waals surface area contributed by atoms with Gasteiger partial charge in [-0.15, -0.1) is 0 Å². The molecule has 1 unspecified atom stereocenters. The van der Waals surface area contributed by atoms with Crippen molar-refractivity contribution in [3.8, 4) is 17.1 Å². The first-order valence-electron chi connectivity index (χ1n) is 13.2. The Morgan fingerprint density at radius 2 is 1.81 bits per heavy atom. The molecule has 1 saturated carbocycles. The average Bonchev–Trinajstić information content (AvgIpc) is 3.56. The predicted molar refractivity (Wildman–Crippen MR) is 150 cm³/mol. The number of benzene rings is 2. The smallest absolute Gasteiger partial charge is 0.433 e. The van der Waals surface area contributed by atoms with E-state index in [1.54, 1.807) is 42.5 Å². The van der Waals surface area contributed by atoms with Gasteiger partial charge < -0.3 is 18.8 Å². The second kappa shape index (κ2) is 11.5. The quantitative estimate of drug-likeness (QED) is 0.181. The minimum absolute atomic E-state index is 0.0307. The lowest BCUT2D eigenvalue weighted by molar-refractivity contribution is -0.143. The van der Waals surface area contributed by atoms with Crippen LogP contribution in [0.15, 0.2) is 64.3 Å². The average molecular weight is 632 g/mol. The number of nitrogens with zero attached hydrogens (tertiary/aromatic N) is 3. The van der Waals surface area contributed by atoms with Crippen molar-refractivity contribution in [2.75, 3.05) is 7.11 Å². The van der Waals surface area contributed by atoms with Crippen molar-refractivity contribution in [2.45, 2.75) is 44.1 Å². The number of pyridine rings is 1.